The van der Waals surface area contributed by atoms with Crippen molar-refractivity contribution in [3.63, 3.8) is 0 Å². The average Bonchev–Trinajstić information content (AvgIpc) is 3.15. The lowest BCUT2D eigenvalue weighted by Gasteiger charge is -2.10. The summed E-state index contributed by atoms with van der Waals surface area (Å²) in [7, 11) is 0. The lowest BCUT2D eigenvalue weighted by molar-refractivity contribution is 0.0939. The molecular weight excluding hydrogens is 310 g/mol. The van der Waals surface area contributed by atoms with E-state index in [1.807, 2.05) is 39.8 Å². The normalized spacial score (nSPS) is 12.5. The Bertz CT molecular complexity index is 852. The van der Waals surface area contributed by atoms with Gasteiger partial charge in [-0.05, 0) is 38.5 Å². The van der Waals surface area contributed by atoms with Gasteiger partial charge in [0.1, 0.15) is 16.4 Å². The first kappa shape index (κ1) is 15.7. The topological polar surface area (TPSA) is 68.0 Å². The van der Waals surface area contributed by atoms with Crippen LogP contribution in [-0.2, 0) is 6.42 Å². The van der Waals surface area contributed by atoms with Gasteiger partial charge in [0, 0.05) is 17.5 Å². The van der Waals surface area contributed by atoms with Crippen LogP contribution in [0.2, 0.25) is 0 Å². The van der Waals surface area contributed by atoms with Crippen molar-refractivity contribution >= 4 is 27.5 Å². The molecule has 3 rings (SSSR count). The van der Waals surface area contributed by atoms with Crippen molar-refractivity contribution in [2.75, 3.05) is 0 Å². The van der Waals surface area contributed by atoms with Crippen LogP contribution in [0.3, 0.4) is 0 Å². The molecule has 0 aliphatic carbocycles. The lowest BCUT2D eigenvalue weighted by atomic mass is 10.1. The number of aromatic nitrogens is 2. The quantitative estimate of drug-likeness (QED) is 0.787. The van der Waals surface area contributed by atoms with E-state index in [2.05, 4.69) is 15.3 Å². The first-order chi connectivity index (χ1) is 11.0. The van der Waals surface area contributed by atoms with Crippen LogP contribution in [0, 0.1) is 13.8 Å². The van der Waals surface area contributed by atoms with Gasteiger partial charge in [-0.25, -0.2) is 9.97 Å². The molecule has 1 unspecified atom stereocenters. The number of hydrogen-bond donors (Lipinski definition) is 1. The third-order valence-electron chi connectivity index (χ3n) is 3.86. The highest BCUT2D eigenvalue weighted by atomic mass is 32.1. The van der Waals surface area contributed by atoms with E-state index >= 15 is 0 Å². The summed E-state index contributed by atoms with van der Waals surface area (Å²) in [5, 5.41) is 3.97. The highest BCUT2D eigenvalue weighted by molar-refractivity contribution is 7.20. The number of nitrogens with one attached hydrogen (secondary N) is 1. The minimum atomic E-state index is -0.180. The van der Waals surface area contributed by atoms with E-state index < -0.39 is 0 Å². The van der Waals surface area contributed by atoms with Crippen LogP contribution in [0.4, 0.5) is 0 Å². The van der Waals surface area contributed by atoms with Gasteiger partial charge in [-0.15, -0.1) is 11.3 Å². The number of carbonyl (C=O) groups excluding carboxylic acids is 1. The Morgan fingerprint density at radius 3 is 2.83 bits per heavy atom. The Hall–Kier alpha value is -2.21. The van der Waals surface area contributed by atoms with Crippen LogP contribution >= 0.6 is 11.3 Å². The molecule has 23 heavy (non-hydrogen) atoms. The number of carbonyl (C=O) groups is 1. The molecule has 0 saturated heterocycles. The molecule has 0 saturated carbocycles. The molecule has 0 aromatic carbocycles. The summed E-state index contributed by atoms with van der Waals surface area (Å²) in [6.07, 6.45) is 2.39. The number of hydrogen-bond acceptors (Lipinski definition) is 5. The highest BCUT2D eigenvalue weighted by Crippen LogP contribution is 2.31. The lowest BCUT2D eigenvalue weighted by Crippen LogP contribution is -2.26. The molecule has 0 aliphatic rings. The molecule has 1 atom stereocenters. The van der Waals surface area contributed by atoms with Crippen molar-refractivity contribution in [2.45, 2.75) is 40.2 Å². The number of aryl methyl sites for hydroxylation is 3. The molecule has 0 fully saturated rings. The number of amides is 1. The summed E-state index contributed by atoms with van der Waals surface area (Å²) < 4.78 is 5.34. The molecule has 1 amide bonds. The molecule has 3 heterocycles. The minimum absolute atomic E-state index is 0.105. The van der Waals surface area contributed by atoms with Gasteiger partial charge in [0.2, 0.25) is 0 Å². The van der Waals surface area contributed by atoms with Crippen LogP contribution in [0.5, 0.6) is 0 Å². The summed E-state index contributed by atoms with van der Waals surface area (Å²) in [5.74, 6) is 1.44. The zero-order chi connectivity index (χ0) is 16.6. The standard InChI is InChI=1S/C17H19N3O2S/c1-5-13-18-11(4)14-9(2)15(23-17(14)20-13)16(21)19-10(3)12-7-6-8-22-12/h6-8,10H,5H2,1-4H3,(H,19,21). The van der Waals surface area contributed by atoms with Gasteiger partial charge in [0.05, 0.1) is 17.2 Å². The molecule has 3 aromatic rings. The second kappa shape index (κ2) is 6.12. The van der Waals surface area contributed by atoms with Gasteiger partial charge in [-0.1, -0.05) is 6.92 Å². The second-order valence-electron chi connectivity index (χ2n) is 5.53. The van der Waals surface area contributed by atoms with Crippen LogP contribution in [-0.4, -0.2) is 15.9 Å². The predicted octanol–water partition coefficient (Wildman–Crippen LogP) is 3.95. The van der Waals surface area contributed by atoms with Crippen molar-refractivity contribution < 1.29 is 9.21 Å². The van der Waals surface area contributed by atoms with Crippen molar-refractivity contribution in [1.82, 2.24) is 15.3 Å². The number of thiophene rings is 1. The van der Waals surface area contributed by atoms with Crippen LogP contribution in [0.1, 0.15) is 52.4 Å². The molecular formula is C17H19N3O2S. The second-order valence-corrected chi connectivity index (χ2v) is 6.52. The summed E-state index contributed by atoms with van der Waals surface area (Å²) in [6.45, 7) is 7.85. The van der Waals surface area contributed by atoms with E-state index in [9.17, 15) is 4.79 Å². The Balaban J connectivity index is 1.94. The van der Waals surface area contributed by atoms with E-state index in [0.29, 0.717) is 4.88 Å². The maximum Gasteiger partial charge on any atom is 0.262 e. The van der Waals surface area contributed by atoms with Crippen molar-refractivity contribution in [2.24, 2.45) is 0 Å². The Labute approximate surface area is 138 Å². The molecule has 3 aromatic heterocycles. The highest BCUT2D eigenvalue weighted by Gasteiger charge is 2.21. The van der Waals surface area contributed by atoms with Gasteiger partial charge in [-0.2, -0.15) is 0 Å². The molecule has 1 N–H and O–H groups in total. The Morgan fingerprint density at radius 2 is 2.17 bits per heavy atom. The van der Waals surface area contributed by atoms with Crippen LogP contribution in [0.25, 0.3) is 10.2 Å². The number of nitrogens with zero attached hydrogens (tertiary/aromatic N) is 2. The maximum absolute atomic E-state index is 12.6. The van der Waals surface area contributed by atoms with E-state index in [1.165, 1.54) is 11.3 Å². The van der Waals surface area contributed by atoms with Gasteiger partial charge in [0.25, 0.3) is 5.91 Å². The molecule has 0 bridgehead atoms. The van der Waals surface area contributed by atoms with Crippen LogP contribution in [0.15, 0.2) is 22.8 Å². The smallest absolute Gasteiger partial charge is 0.262 e. The van der Waals surface area contributed by atoms with E-state index in [-0.39, 0.29) is 11.9 Å². The fraction of sp³-hybridized carbons (Fsp3) is 0.353. The fourth-order valence-corrected chi connectivity index (χ4v) is 3.79. The molecule has 5 nitrogen and oxygen atoms in total. The molecule has 0 aliphatic heterocycles. The zero-order valence-electron chi connectivity index (χ0n) is 13.6. The number of fused-ring (bicyclic) bond motifs is 1. The zero-order valence-corrected chi connectivity index (χ0v) is 14.5. The van der Waals surface area contributed by atoms with Gasteiger partial charge >= 0.3 is 0 Å². The van der Waals surface area contributed by atoms with E-state index in [4.69, 9.17) is 4.42 Å². The molecule has 6 heteroatoms. The first-order valence-corrected chi connectivity index (χ1v) is 8.43. The monoisotopic (exact) mass is 329 g/mol. The van der Waals surface area contributed by atoms with Crippen molar-refractivity contribution in [3.05, 3.63) is 46.1 Å². The van der Waals surface area contributed by atoms with E-state index in [0.717, 1.165) is 39.5 Å². The SMILES string of the molecule is CCc1nc(C)c2c(C)c(C(=O)NC(C)c3ccco3)sc2n1. The summed E-state index contributed by atoms with van der Waals surface area (Å²) >= 11 is 1.42. The van der Waals surface area contributed by atoms with Crippen molar-refractivity contribution in [1.29, 1.82) is 0 Å². The van der Waals surface area contributed by atoms with Gasteiger partial charge in [-0.3, -0.25) is 4.79 Å². The summed E-state index contributed by atoms with van der Waals surface area (Å²) in [6, 6.07) is 3.49. The maximum atomic E-state index is 12.6. The largest absolute Gasteiger partial charge is 0.467 e. The van der Waals surface area contributed by atoms with E-state index in [1.54, 1.807) is 6.26 Å². The summed E-state index contributed by atoms with van der Waals surface area (Å²) in [5.41, 5.74) is 1.87. The first-order valence-electron chi connectivity index (χ1n) is 7.62. The molecule has 0 radical (unpaired) electrons. The van der Waals surface area contributed by atoms with Crippen molar-refractivity contribution in [3.8, 4) is 0 Å². The molecule has 0 spiro atoms. The Kier molecular flexibility index (Phi) is 4.17. The fourth-order valence-electron chi connectivity index (χ4n) is 2.64. The van der Waals surface area contributed by atoms with Gasteiger partial charge < -0.3 is 9.73 Å². The minimum Gasteiger partial charge on any atom is -0.467 e. The number of rotatable bonds is 4. The third kappa shape index (κ3) is 2.86. The average molecular weight is 329 g/mol. The van der Waals surface area contributed by atoms with Gasteiger partial charge in [0.15, 0.2) is 0 Å². The molecule has 120 valence electrons. The summed E-state index contributed by atoms with van der Waals surface area (Å²) in [4.78, 5) is 23.2. The third-order valence-corrected chi connectivity index (χ3v) is 5.04. The predicted molar refractivity (Wildman–Crippen MR) is 90.9 cm³/mol. The Morgan fingerprint density at radius 1 is 1.39 bits per heavy atom. The van der Waals surface area contributed by atoms with Crippen LogP contribution < -0.4 is 5.32 Å². The number of furan rings is 1.